The van der Waals surface area contributed by atoms with E-state index in [1.54, 1.807) is 12.4 Å². The molecule has 100 valence electrons. The zero-order valence-electron chi connectivity index (χ0n) is 11.4. The van der Waals surface area contributed by atoms with Gasteiger partial charge in [0.25, 0.3) is 0 Å². The lowest BCUT2D eigenvalue weighted by molar-refractivity contribution is 0.858. The van der Waals surface area contributed by atoms with E-state index < -0.39 is 0 Å². The molecule has 0 fully saturated rings. The van der Waals surface area contributed by atoms with Gasteiger partial charge >= 0.3 is 0 Å². The average molecular weight is 257 g/mol. The third-order valence-corrected chi connectivity index (χ3v) is 2.69. The Labute approximate surface area is 113 Å². The molecule has 2 aromatic rings. The number of anilines is 2. The van der Waals surface area contributed by atoms with Gasteiger partial charge in [0.1, 0.15) is 5.82 Å². The quantitative estimate of drug-likeness (QED) is 0.860. The van der Waals surface area contributed by atoms with Gasteiger partial charge < -0.3 is 10.2 Å². The minimum atomic E-state index is 0.673. The summed E-state index contributed by atoms with van der Waals surface area (Å²) in [6, 6.07) is 7.82. The van der Waals surface area contributed by atoms with Crippen LogP contribution in [0.2, 0.25) is 0 Å². The highest BCUT2D eigenvalue weighted by atomic mass is 15.2. The number of pyridine rings is 1. The van der Waals surface area contributed by atoms with Gasteiger partial charge in [-0.2, -0.15) is 4.98 Å². The van der Waals surface area contributed by atoms with Crippen LogP contribution in [0.4, 0.5) is 11.8 Å². The molecule has 5 heteroatoms. The second-order valence-electron chi connectivity index (χ2n) is 4.34. The summed E-state index contributed by atoms with van der Waals surface area (Å²) in [5.41, 5.74) is 1.02. The molecule has 0 aliphatic rings. The Kier molecular flexibility index (Phi) is 4.66. The van der Waals surface area contributed by atoms with Crippen molar-refractivity contribution in [2.24, 2.45) is 0 Å². The van der Waals surface area contributed by atoms with Gasteiger partial charge in [-0.05, 0) is 24.6 Å². The largest absolute Gasteiger partial charge is 0.354 e. The van der Waals surface area contributed by atoms with Crippen LogP contribution < -0.4 is 10.2 Å². The third kappa shape index (κ3) is 3.91. The van der Waals surface area contributed by atoms with Crippen molar-refractivity contribution < 1.29 is 0 Å². The first-order chi connectivity index (χ1) is 9.29. The first kappa shape index (κ1) is 13.3. The standard InChI is InChI=1S/C14H19N5/c1-3-8-16-14-17-10-7-13(18-14)19(2)11-12-6-4-5-9-15-12/h4-7,9-10H,3,8,11H2,1-2H3,(H,16,17,18). The number of nitrogens with zero attached hydrogens (tertiary/aromatic N) is 4. The predicted octanol–water partition coefficient (Wildman–Crippen LogP) is 2.33. The molecular weight excluding hydrogens is 238 g/mol. The van der Waals surface area contributed by atoms with Crippen LogP contribution in [0.15, 0.2) is 36.7 Å². The smallest absolute Gasteiger partial charge is 0.224 e. The Morgan fingerprint density at radius 2 is 2.05 bits per heavy atom. The Bertz CT molecular complexity index is 500. The minimum Gasteiger partial charge on any atom is -0.354 e. The van der Waals surface area contributed by atoms with E-state index in [4.69, 9.17) is 0 Å². The van der Waals surface area contributed by atoms with Crippen molar-refractivity contribution >= 4 is 11.8 Å². The van der Waals surface area contributed by atoms with Gasteiger partial charge in [-0.25, -0.2) is 4.98 Å². The first-order valence-corrected chi connectivity index (χ1v) is 6.47. The van der Waals surface area contributed by atoms with Crippen molar-refractivity contribution in [3.8, 4) is 0 Å². The Morgan fingerprint density at radius 1 is 1.16 bits per heavy atom. The molecule has 0 spiro atoms. The molecule has 0 amide bonds. The molecule has 0 bridgehead atoms. The van der Waals surface area contributed by atoms with E-state index in [1.165, 1.54) is 0 Å². The normalized spacial score (nSPS) is 10.2. The van der Waals surface area contributed by atoms with Gasteiger partial charge in [0.15, 0.2) is 0 Å². The molecule has 1 N–H and O–H groups in total. The fourth-order valence-corrected chi connectivity index (χ4v) is 1.70. The molecule has 0 saturated heterocycles. The highest BCUT2D eigenvalue weighted by Crippen LogP contribution is 2.12. The van der Waals surface area contributed by atoms with Crippen molar-refractivity contribution in [2.75, 3.05) is 23.8 Å². The second-order valence-corrected chi connectivity index (χ2v) is 4.34. The summed E-state index contributed by atoms with van der Waals surface area (Å²) in [5.74, 6) is 1.56. The molecule has 2 rings (SSSR count). The van der Waals surface area contributed by atoms with Gasteiger partial charge in [-0.15, -0.1) is 0 Å². The number of aromatic nitrogens is 3. The molecule has 0 aromatic carbocycles. The summed E-state index contributed by atoms with van der Waals surface area (Å²) in [6.07, 6.45) is 4.63. The molecule has 0 saturated carbocycles. The van der Waals surface area contributed by atoms with Gasteiger partial charge in [0.2, 0.25) is 5.95 Å². The monoisotopic (exact) mass is 257 g/mol. The van der Waals surface area contributed by atoms with E-state index in [2.05, 4.69) is 32.1 Å². The maximum Gasteiger partial charge on any atom is 0.224 e. The Balaban J connectivity index is 2.04. The van der Waals surface area contributed by atoms with Crippen LogP contribution in [0, 0.1) is 0 Å². The fraction of sp³-hybridized carbons (Fsp3) is 0.357. The van der Waals surface area contributed by atoms with E-state index in [1.807, 2.05) is 31.3 Å². The lowest BCUT2D eigenvalue weighted by atomic mass is 10.3. The molecule has 5 nitrogen and oxygen atoms in total. The van der Waals surface area contributed by atoms with Crippen molar-refractivity contribution in [2.45, 2.75) is 19.9 Å². The maximum atomic E-state index is 4.48. The van der Waals surface area contributed by atoms with Gasteiger partial charge in [0.05, 0.1) is 12.2 Å². The predicted molar refractivity (Wildman–Crippen MR) is 77.2 cm³/mol. The second kappa shape index (κ2) is 6.68. The SMILES string of the molecule is CCCNc1nccc(N(C)Cc2ccccn2)n1. The fourth-order valence-electron chi connectivity index (χ4n) is 1.70. The lowest BCUT2D eigenvalue weighted by Gasteiger charge is -2.18. The third-order valence-electron chi connectivity index (χ3n) is 2.69. The van der Waals surface area contributed by atoms with Crippen LogP contribution in [0.25, 0.3) is 0 Å². The van der Waals surface area contributed by atoms with Crippen LogP contribution in [0.3, 0.4) is 0 Å². The summed E-state index contributed by atoms with van der Waals surface area (Å²) in [4.78, 5) is 15.1. The van der Waals surface area contributed by atoms with Crippen LogP contribution in [0.5, 0.6) is 0 Å². The number of nitrogens with one attached hydrogen (secondary N) is 1. The molecular formula is C14H19N5. The Morgan fingerprint density at radius 3 is 2.79 bits per heavy atom. The highest BCUT2D eigenvalue weighted by Gasteiger charge is 2.05. The molecule has 0 unspecified atom stereocenters. The maximum absolute atomic E-state index is 4.48. The van der Waals surface area contributed by atoms with Gasteiger partial charge in [0, 0.05) is 26.0 Å². The van der Waals surface area contributed by atoms with Crippen molar-refractivity contribution in [1.82, 2.24) is 15.0 Å². The topological polar surface area (TPSA) is 53.9 Å². The van der Waals surface area contributed by atoms with Crippen LogP contribution in [-0.2, 0) is 6.54 Å². The first-order valence-electron chi connectivity index (χ1n) is 6.47. The van der Waals surface area contributed by atoms with E-state index in [9.17, 15) is 0 Å². The average Bonchev–Trinajstić information content (AvgIpc) is 2.46. The number of hydrogen-bond acceptors (Lipinski definition) is 5. The van der Waals surface area contributed by atoms with E-state index in [-0.39, 0.29) is 0 Å². The molecule has 2 aromatic heterocycles. The van der Waals surface area contributed by atoms with Crippen molar-refractivity contribution in [3.63, 3.8) is 0 Å². The van der Waals surface area contributed by atoms with Crippen LogP contribution >= 0.6 is 0 Å². The molecule has 0 radical (unpaired) electrons. The minimum absolute atomic E-state index is 0.673. The van der Waals surface area contributed by atoms with Crippen LogP contribution in [-0.4, -0.2) is 28.5 Å². The van der Waals surface area contributed by atoms with Crippen molar-refractivity contribution in [3.05, 3.63) is 42.4 Å². The van der Waals surface area contributed by atoms with E-state index in [0.29, 0.717) is 5.95 Å². The van der Waals surface area contributed by atoms with Crippen LogP contribution in [0.1, 0.15) is 19.0 Å². The van der Waals surface area contributed by atoms with E-state index in [0.717, 1.165) is 31.0 Å². The zero-order valence-corrected chi connectivity index (χ0v) is 11.4. The van der Waals surface area contributed by atoms with E-state index >= 15 is 0 Å². The Hall–Kier alpha value is -2.17. The number of rotatable bonds is 6. The highest BCUT2D eigenvalue weighted by molar-refractivity contribution is 5.41. The molecule has 0 aliphatic carbocycles. The molecule has 2 heterocycles. The van der Waals surface area contributed by atoms with Crippen molar-refractivity contribution in [1.29, 1.82) is 0 Å². The van der Waals surface area contributed by atoms with Gasteiger partial charge in [-0.3, -0.25) is 4.98 Å². The summed E-state index contributed by atoms with van der Waals surface area (Å²) >= 11 is 0. The molecule has 19 heavy (non-hydrogen) atoms. The summed E-state index contributed by atoms with van der Waals surface area (Å²) in [6.45, 7) is 3.72. The molecule has 0 aliphatic heterocycles. The van der Waals surface area contributed by atoms with Gasteiger partial charge in [-0.1, -0.05) is 13.0 Å². The number of hydrogen-bond donors (Lipinski definition) is 1. The molecule has 0 atom stereocenters. The summed E-state index contributed by atoms with van der Waals surface area (Å²) < 4.78 is 0. The zero-order chi connectivity index (χ0) is 13.5. The lowest BCUT2D eigenvalue weighted by Crippen LogP contribution is -2.19. The summed E-state index contributed by atoms with van der Waals surface area (Å²) in [7, 11) is 2.00. The summed E-state index contributed by atoms with van der Waals surface area (Å²) in [5, 5.41) is 3.19.